The van der Waals surface area contributed by atoms with Crippen LogP contribution in [0.3, 0.4) is 0 Å². The molecule has 4 saturated heterocycles. The number of hydrogen-bond donors (Lipinski definition) is 4. The third kappa shape index (κ3) is 21.7. The minimum Gasteiger partial charge on any atom is -0.335 e. The third-order valence-electron chi connectivity index (χ3n) is 11.4. The van der Waals surface area contributed by atoms with E-state index >= 15 is 0 Å². The summed E-state index contributed by atoms with van der Waals surface area (Å²) in [6.45, 7) is 49.2. The first kappa shape index (κ1) is 54.0. The Morgan fingerprint density at radius 3 is 0.849 bits per heavy atom. The molecule has 0 radical (unpaired) electrons. The largest absolute Gasteiger partial charge is 0.335 e. The second kappa shape index (κ2) is 24.5. The highest BCUT2D eigenvalue weighted by Crippen LogP contribution is 2.14. The van der Waals surface area contributed by atoms with Crippen LogP contribution in [0.5, 0.6) is 0 Å². The van der Waals surface area contributed by atoms with Crippen molar-refractivity contribution in [3.05, 3.63) is 35.9 Å². The van der Waals surface area contributed by atoms with E-state index < -0.39 is 0 Å². The van der Waals surface area contributed by atoms with E-state index in [1.807, 2.05) is 0 Å². The summed E-state index contributed by atoms with van der Waals surface area (Å²) in [6, 6.07) is 10.9. The van der Waals surface area contributed by atoms with Crippen LogP contribution in [0.25, 0.3) is 0 Å². The van der Waals surface area contributed by atoms with Gasteiger partial charge in [0.1, 0.15) is 6.54 Å². The second-order valence-electron chi connectivity index (χ2n) is 19.9. The molecule has 0 aromatic heterocycles. The molecule has 4 fully saturated rings. The van der Waals surface area contributed by atoms with Crippen LogP contribution in [-0.2, 0) is 6.54 Å². The average Bonchev–Trinajstić information content (AvgIpc) is 3.02. The maximum Gasteiger partial charge on any atom is 0.103 e. The maximum atomic E-state index is 2.60. The molecule has 53 heavy (non-hydrogen) atoms. The maximum absolute atomic E-state index is 2.60. The summed E-state index contributed by atoms with van der Waals surface area (Å²) in [6.07, 6.45) is 0. The van der Waals surface area contributed by atoms with E-state index in [9.17, 15) is 0 Å². The van der Waals surface area contributed by atoms with Gasteiger partial charge in [0.15, 0.2) is 0 Å². The fourth-order valence-electron chi connectivity index (χ4n) is 7.23. The smallest absolute Gasteiger partial charge is 0.103 e. The minimum atomic E-state index is 0. The van der Waals surface area contributed by atoms with Crippen molar-refractivity contribution in [3.63, 3.8) is 0 Å². The van der Waals surface area contributed by atoms with Crippen LogP contribution in [0.15, 0.2) is 30.3 Å². The van der Waals surface area contributed by atoms with Crippen molar-refractivity contribution >= 4 is 0 Å². The molecule has 8 heteroatoms. The SMILES string of the molecule is C.C.C.CC(C)(C)N1CC[NH+](Cc2ccccc2)CC1.C[NH+]1CCN(C(C)(C)C)CC1.C[NH+]1CCN(C(C)(C)C)CC1.C[NH+]1CCN(C(C)(C)C)CC1. The molecule has 0 unspecified atom stereocenters. The van der Waals surface area contributed by atoms with Crippen molar-refractivity contribution in [2.75, 3.05) is 126 Å². The molecule has 4 aliphatic rings. The van der Waals surface area contributed by atoms with Crippen molar-refractivity contribution in [2.24, 2.45) is 0 Å². The number of quaternary nitrogens is 4. The monoisotopic (exact) mass is 753 g/mol. The molecule has 0 aliphatic carbocycles. The molecule has 316 valence electrons. The van der Waals surface area contributed by atoms with Gasteiger partial charge in [-0.1, -0.05) is 52.6 Å². The minimum absolute atomic E-state index is 0. The standard InChI is InChI=1S/C15H24N2.3C9H20N2.3CH4/c1-15(2,3)17-11-9-16(10-12-17)13-14-7-5-4-6-8-14;3*1-9(2,3)11-7-5-10(4)6-8-11;;;/h4-8H,9-13H2,1-3H3;3*5-8H2,1-4H3;3*1H4/p+4. The molecule has 4 heterocycles. The zero-order valence-electron chi connectivity index (χ0n) is 36.2. The molecular formula is C45H100N8+4. The van der Waals surface area contributed by atoms with Gasteiger partial charge in [0.25, 0.3) is 0 Å². The van der Waals surface area contributed by atoms with Crippen LogP contribution in [0, 0.1) is 0 Å². The molecule has 0 amide bonds. The molecule has 0 atom stereocenters. The van der Waals surface area contributed by atoms with E-state index in [1.54, 1.807) is 19.6 Å². The second-order valence-corrected chi connectivity index (χ2v) is 19.9. The first-order valence-electron chi connectivity index (χ1n) is 20.4. The molecule has 8 nitrogen and oxygen atoms in total. The molecule has 1 aromatic carbocycles. The Morgan fingerprint density at radius 1 is 0.396 bits per heavy atom. The molecule has 4 N–H and O–H groups in total. The van der Waals surface area contributed by atoms with E-state index in [4.69, 9.17) is 0 Å². The lowest BCUT2D eigenvalue weighted by atomic mass is 10.0. The fraction of sp³-hybridized carbons (Fsp3) is 0.867. The lowest BCUT2D eigenvalue weighted by Gasteiger charge is -2.40. The molecule has 0 spiro atoms. The van der Waals surface area contributed by atoms with E-state index in [2.05, 4.69) is 154 Å². The number of benzene rings is 1. The lowest BCUT2D eigenvalue weighted by Crippen LogP contribution is -3.13. The van der Waals surface area contributed by atoms with Gasteiger partial charge in [-0.3, -0.25) is 19.6 Å². The molecule has 5 rings (SSSR count). The van der Waals surface area contributed by atoms with Gasteiger partial charge in [0, 0.05) is 80.1 Å². The van der Waals surface area contributed by atoms with Gasteiger partial charge < -0.3 is 19.6 Å². The Hall–Kier alpha value is -1.10. The van der Waals surface area contributed by atoms with Crippen LogP contribution >= 0.6 is 0 Å². The molecule has 4 aliphatic heterocycles. The quantitative estimate of drug-likeness (QED) is 0.373. The third-order valence-corrected chi connectivity index (χ3v) is 11.4. The van der Waals surface area contributed by atoms with Gasteiger partial charge >= 0.3 is 0 Å². The van der Waals surface area contributed by atoms with E-state index in [0.717, 1.165) is 0 Å². The number of likely N-dealkylation sites (N-methyl/N-ethyl adjacent to an activating group) is 3. The number of nitrogens with one attached hydrogen (secondary N) is 4. The first-order valence-corrected chi connectivity index (χ1v) is 20.4. The van der Waals surface area contributed by atoms with Crippen LogP contribution in [0.2, 0.25) is 0 Å². The summed E-state index contributed by atoms with van der Waals surface area (Å²) in [5.41, 5.74) is 2.92. The van der Waals surface area contributed by atoms with Crippen molar-refractivity contribution in [1.82, 2.24) is 19.6 Å². The Morgan fingerprint density at radius 2 is 0.623 bits per heavy atom. The van der Waals surface area contributed by atoms with Gasteiger partial charge in [-0.25, -0.2) is 0 Å². The van der Waals surface area contributed by atoms with Gasteiger partial charge in [-0.05, 0) is 83.1 Å². The van der Waals surface area contributed by atoms with Crippen molar-refractivity contribution in [3.8, 4) is 0 Å². The van der Waals surface area contributed by atoms with E-state index in [1.165, 1.54) is 117 Å². The zero-order chi connectivity index (χ0) is 37.8. The van der Waals surface area contributed by atoms with Crippen LogP contribution < -0.4 is 19.6 Å². The Kier molecular flexibility index (Phi) is 25.0. The highest BCUT2D eigenvalue weighted by Gasteiger charge is 2.29. The Balaban J connectivity index is 0. The van der Waals surface area contributed by atoms with Crippen LogP contribution in [0.4, 0.5) is 0 Å². The normalized spacial score (nSPS) is 21.2. The van der Waals surface area contributed by atoms with Gasteiger partial charge in [0.2, 0.25) is 0 Å². The number of hydrogen-bond acceptors (Lipinski definition) is 4. The van der Waals surface area contributed by atoms with Crippen molar-refractivity contribution < 1.29 is 19.6 Å². The Labute approximate surface area is 334 Å². The summed E-state index contributed by atoms with van der Waals surface area (Å²) in [5, 5.41) is 0. The van der Waals surface area contributed by atoms with Crippen LogP contribution in [0.1, 0.15) is 111 Å². The summed E-state index contributed by atoms with van der Waals surface area (Å²) in [4.78, 5) is 17.0. The first-order chi connectivity index (χ1) is 23.1. The fourth-order valence-corrected chi connectivity index (χ4v) is 7.23. The van der Waals surface area contributed by atoms with Crippen molar-refractivity contribution in [1.29, 1.82) is 0 Å². The summed E-state index contributed by atoms with van der Waals surface area (Å²) in [7, 11) is 6.83. The summed E-state index contributed by atoms with van der Waals surface area (Å²) < 4.78 is 0. The van der Waals surface area contributed by atoms with Gasteiger partial charge in [-0.15, -0.1) is 0 Å². The van der Waals surface area contributed by atoms with Gasteiger partial charge in [0.05, 0.1) is 73.5 Å². The van der Waals surface area contributed by atoms with Crippen LogP contribution in [-0.4, -0.2) is 168 Å². The highest BCUT2D eigenvalue weighted by molar-refractivity contribution is 5.13. The molecule has 0 saturated carbocycles. The van der Waals surface area contributed by atoms with E-state index in [0.29, 0.717) is 22.2 Å². The zero-order valence-corrected chi connectivity index (χ0v) is 36.2. The predicted molar refractivity (Wildman–Crippen MR) is 236 cm³/mol. The lowest BCUT2D eigenvalue weighted by molar-refractivity contribution is -0.918. The van der Waals surface area contributed by atoms with Crippen molar-refractivity contribution in [2.45, 2.75) is 134 Å². The summed E-state index contributed by atoms with van der Waals surface area (Å²) >= 11 is 0. The van der Waals surface area contributed by atoms with Gasteiger partial charge in [-0.2, -0.15) is 0 Å². The van der Waals surface area contributed by atoms with E-state index in [-0.39, 0.29) is 22.3 Å². The topological polar surface area (TPSA) is 30.7 Å². The molecular weight excluding hydrogens is 653 g/mol. The highest BCUT2D eigenvalue weighted by atomic mass is 15.3. The number of nitrogens with zero attached hydrogens (tertiary/aromatic N) is 4. The number of rotatable bonds is 2. The average molecular weight is 753 g/mol. The molecule has 1 aromatic rings. The predicted octanol–water partition coefficient (Wildman–Crippen LogP) is 1.94. The number of piperazine rings is 4. The summed E-state index contributed by atoms with van der Waals surface area (Å²) in [5.74, 6) is 0. The molecule has 0 bridgehead atoms. The Bertz CT molecular complexity index is 928.